The lowest BCUT2D eigenvalue weighted by atomic mass is 10.2. The zero-order chi connectivity index (χ0) is 17.6. The Labute approximate surface area is 144 Å². The van der Waals surface area contributed by atoms with Crippen LogP contribution in [0, 0.1) is 10.1 Å². The van der Waals surface area contributed by atoms with E-state index in [0.29, 0.717) is 31.7 Å². The van der Waals surface area contributed by atoms with Gasteiger partial charge in [-0.1, -0.05) is 24.3 Å². The fourth-order valence-electron chi connectivity index (χ4n) is 2.70. The van der Waals surface area contributed by atoms with Gasteiger partial charge in [-0.2, -0.15) is 0 Å². The Kier molecular flexibility index (Phi) is 5.13. The largest absolute Gasteiger partial charge is 0.490 e. The van der Waals surface area contributed by atoms with Crippen LogP contribution in [0.25, 0.3) is 0 Å². The summed E-state index contributed by atoms with van der Waals surface area (Å²) in [5.41, 5.74) is 0.703. The van der Waals surface area contributed by atoms with E-state index < -0.39 is 4.92 Å². The highest BCUT2D eigenvalue weighted by Crippen LogP contribution is 2.31. The number of hydrogen-bond donors (Lipinski definition) is 0. The lowest BCUT2D eigenvalue weighted by molar-refractivity contribution is -0.385. The van der Waals surface area contributed by atoms with Crippen LogP contribution in [0.3, 0.4) is 0 Å². The van der Waals surface area contributed by atoms with Crippen molar-refractivity contribution in [2.45, 2.75) is 12.8 Å². The van der Waals surface area contributed by atoms with Gasteiger partial charge in [0, 0.05) is 12.5 Å². The van der Waals surface area contributed by atoms with Crippen LogP contribution in [-0.2, 0) is 4.79 Å². The molecule has 1 aliphatic rings. The average molecular weight is 342 g/mol. The number of amides is 1. The van der Waals surface area contributed by atoms with Crippen molar-refractivity contribution in [3.63, 3.8) is 0 Å². The highest BCUT2D eigenvalue weighted by atomic mass is 16.6. The molecule has 130 valence electrons. The van der Waals surface area contributed by atoms with Gasteiger partial charge in [0.25, 0.3) is 0 Å². The van der Waals surface area contributed by atoms with Crippen LogP contribution in [-0.4, -0.2) is 30.6 Å². The minimum Gasteiger partial charge on any atom is -0.490 e. The van der Waals surface area contributed by atoms with E-state index in [1.54, 1.807) is 23.1 Å². The molecule has 0 saturated carbocycles. The molecule has 2 aromatic rings. The maximum atomic E-state index is 12.5. The average Bonchev–Trinajstić information content (AvgIpc) is 2.64. The highest BCUT2D eigenvalue weighted by Gasteiger charge is 2.22. The molecule has 0 radical (unpaired) electrons. The summed E-state index contributed by atoms with van der Waals surface area (Å²) < 4.78 is 11.0. The second-order valence-corrected chi connectivity index (χ2v) is 5.54. The lowest BCUT2D eigenvalue weighted by Gasteiger charge is -2.29. The SMILES string of the molecule is O=C(CCCOc1ccccc1[N+](=O)[O-])N1CCOc2ccccc21. The summed E-state index contributed by atoms with van der Waals surface area (Å²) in [6, 6.07) is 13.6. The summed E-state index contributed by atoms with van der Waals surface area (Å²) in [6.07, 6.45) is 0.777. The van der Waals surface area contributed by atoms with Gasteiger partial charge in [-0.15, -0.1) is 0 Å². The maximum Gasteiger partial charge on any atom is 0.310 e. The first-order valence-electron chi connectivity index (χ1n) is 8.05. The van der Waals surface area contributed by atoms with Gasteiger partial charge >= 0.3 is 5.69 Å². The predicted octanol–water partition coefficient (Wildman–Crippen LogP) is 3.18. The molecular formula is C18H18N2O5. The summed E-state index contributed by atoms with van der Waals surface area (Å²) in [5.74, 6) is 0.914. The van der Waals surface area contributed by atoms with Crippen LogP contribution in [0.15, 0.2) is 48.5 Å². The normalized spacial score (nSPS) is 12.9. The molecule has 0 bridgehead atoms. The molecule has 0 aromatic heterocycles. The molecule has 0 atom stereocenters. The third-order valence-electron chi connectivity index (χ3n) is 3.88. The summed E-state index contributed by atoms with van der Waals surface area (Å²) >= 11 is 0. The molecule has 0 fully saturated rings. The number of hydrogen-bond acceptors (Lipinski definition) is 5. The molecule has 2 aromatic carbocycles. The van der Waals surface area contributed by atoms with Crippen LogP contribution in [0.2, 0.25) is 0 Å². The predicted molar refractivity (Wildman–Crippen MR) is 92.1 cm³/mol. The van der Waals surface area contributed by atoms with Crippen LogP contribution >= 0.6 is 0 Å². The minimum absolute atomic E-state index is 0.0121. The molecule has 3 rings (SSSR count). The topological polar surface area (TPSA) is 81.9 Å². The monoisotopic (exact) mass is 342 g/mol. The Hall–Kier alpha value is -3.09. The molecule has 7 heteroatoms. The van der Waals surface area contributed by atoms with E-state index in [2.05, 4.69) is 0 Å². The fourth-order valence-corrected chi connectivity index (χ4v) is 2.70. The smallest absolute Gasteiger partial charge is 0.310 e. The molecule has 0 saturated heterocycles. The third kappa shape index (κ3) is 3.88. The third-order valence-corrected chi connectivity index (χ3v) is 3.88. The maximum absolute atomic E-state index is 12.5. The minimum atomic E-state index is -0.481. The van der Waals surface area contributed by atoms with E-state index in [1.807, 2.05) is 24.3 Å². The van der Waals surface area contributed by atoms with Crippen molar-refractivity contribution in [3.05, 3.63) is 58.6 Å². The fraction of sp³-hybridized carbons (Fsp3) is 0.278. The van der Waals surface area contributed by atoms with Gasteiger partial charge in [0.2, 0.25) is 5.91 Å². The number of nitro groups is 1. The van der Waals surface area contributed by atoms with Gasteiger partial charge in [-0.25, -0.2) is 0 Å². The molecule has 7 nitrogen and oxygen atoms in total. The number of nitro benzene ring substituents is 1. The first kappa shape index (κ1) is 16.8. The van der Waals surface area contributed by atoms with Gasteiger partial charge in [0.1, 0.15) is 12.4 Å². The van der Waals surface area contributed by atoms with E-state index in [0.717, 1.165) is 5.69 Å². The van der Waals surface area contributed by atoms with Gasteiger partial charge < -0.3 is 14.4 Å². The second kappa shape index (κ2) is 7.65. The molecule has 0 unspecified atom stereocenters. The highest BCUT2D eigenvalue weighted by molar-refractivity contribution is 5.95. The van der Waals surface area contributed by atoms with Crippen LogP contribution in [0.4, 0.5) is 11.4 Å². The van der Waals surface area contributed by atoms with Crippen LogP contribution < -0.4 is 14.4 Å². The first-order chi connectivity index (χ1) is 12.2. The standard InChI is InChI=1S/C18H18N2O5/c21-18(19-11-13-25-16-8-3-1-6-14(16)19)10-5-12-24-17-9-4-2-7-15(17)20(22)23/h1-4,6-9H,5,10-13H2. The number of para-hydroxylation sites is 4. The van der Waals surface area contributed by atoms with E-state index in [4.69, 9.17) is 9.47 Å². The number of carbonyl (C=O) groups excluding carboxylic acids is 1. The number of rotatable bonds is 6. The number of anilines is 1. The lowest BCUT2D eigenvalue weighted by Crippen LogP contribution is -2.37. The zero-order valence-electron chi connectivity index (χ0n) is 13.6. The molecule has 1 amide bonds. The Morgan fingerprint density at radius 2 is 1.96 bits per heavy atom. The van der Waals surface area contributed by atoms with Crippen LogP contribution in [0.5, 0.6) is 11.5 Å². The Morgan fingerprint density at radius 3 is 2.80 bits per heavy atom. The summed E-state index contributed by atoms with van der Waals surface area (Å²) in [7, 11) is 0. The number of ether oxygens (including phenoxy) is 2. The van der Waals surface area contributed by atoms with Crippen molar-refractivity contribution in [3.8, 4) is 11.5 Å². The van der Waals surface area contributed by atoms with Crippen molar-refractivity contribution < 1.29 is 19.2 Å². The Morgan fingerprint density at radius 1 is 1.20 bits per heavy atom. The van der Waals surface area contributed by atoms with Gasteiger partial charge in [-0.3, -0.25) is 14.9 Å². The molecule has 1 aliphatic heterocycles. The molecule has 0 aliphatic carbocycles. The molecule has 25 heavy (non-hydrogen) atoms. The summed E-state index contributed by atoms with van der Waals surface area (Å²) in [6.45, 7) is 1.22. The molecule has 1 heterocycles. The van der Waals surface area contributed by atoms with Gasteiger partial charge in [0.15, 0.2) is 5.75 Å². The van der Waals surface area contributed by atoms with E-state index in [1.165, 1.54) is 6.07 Å². The molecule has 0 N–H and O–H groups in total. The summed E-state index contributed by atoms with van der Waals surface area (Å²) in [5, 5.41) is 10.9. The number of fused-ring (bicyclic) bond motifs is 1. The molecular weight excluding hydrogens is 324 g/mol. The van der Waals surface area contributed by atoms with Crippen molar-refractivity contribution in [1.82, 2.24) is 0 Å². The van der Waals surface area contributed by atoms with Crippen molar-refractivity contribution in [2.24, 2.45) is 0 Å². The number of carbonyl (C=O) groups is 1. The number of benzene rings is 2. The van der Waals surface area contributed by atoms with Gasteiger partial charge in [0.05, 0.1) is 23.8 Å². The van der Waals surface area contributed by atoms with Gasteiger partial charge in [-0.05, 0) is 24.6 Å². The molecule has 0 spiro atoms. The van der Waals surface area contributed by atoms with Crippen molar-refractivity contribution in [1.29, 1.82) is 0 Å². The van der Waals surface area contributed by atoms with E-state index >= 15 is 0 Å². The van der Waals surface area contributed by atoms with Crippen molar-refractivity contribution >= 4 is 17.3 Å². The van der Waals surface area contributed by atoms with Crippen LogP contribution in [0.1, 0.15) is 12.8 Å². The first-order valence-corrected chi connectivity index (χ1v) is 8.05. The second-order valence-electron chi connectivity index (χ2n) is 5.54. The van der Waals surface area contributed by atoms with Crippen molar-refractivity contribution in [2.75, 3.05) is 24.7 Å². The van der Waals surface area contributed by atoms with E-state index in [-0.39, 0.29) is 24.0 Å². The Bertz CT molecular complexity index is 778. The Balaban J connectivity index is 1.54. The summed E-state index contributed by atoms with van der Waals surface area (Å²) in [4.78, 5) is 24.6. The quantitative estimate of drug-likeness (QED) is 0.457. The zero-order valence-corrected chi connectivity index (χ0v) is 13.6. The van der Waals surface area contributed by atoms with E-state index in [9.17, 15) is 14.9 Å². The number of nitrogens with zero attached hydrogens (tertiary/aromatic N) is 2.